The van der Waals surface area contributed by atoms with Crippen molar-refractivity contribution in [3.63, 3.8) is 0 Å². The fourth-order valence-electron chi connectivity index (χ4n) is 4.73. The Bertz CT molecular complexity index is 1620. The summed E-state index contributed by atoms with van der Waals surface area (Å²) in [6.07, 6.45) is 1.11. The van der Waals surface area contributed by atoms with Crippen LogP contribution in [0.5, 0.6) is 5.75 Å². The third-order valence-corrected chi connectivity index (χ3v) is 6.25. The second-order valence-corrected chi connectivity index (χ2v) is 8.46. The predicted molar refractivity (Wildman–Crippen MR) is 132 cm³/mol. The summed E-state index contributed by atoms with van der Waals surface area (Å²) in [7, 11) is 0. The van der Waals surface area contributed by atoms with Crippen molar-refractivity contribution in [2.75, 3.05) is 17.2 Å². The highest BCUT2D eigenvalue weighted by Gasteiger charge is 2.19. The highest BCUT2D eigenvalue weighted by Crippen LogP contribution is 2.36. The van der Waals surface area contributed by atoms with Crippen molar-refractivity contribution in [1.29, 1.82) is 0 Å². The van der Waals surface area contributed by atoms with Gasteiger partial charge in [-0.25, -0.2) is 4.98 Å². The van der Waals surface area contributed by atoms with Crippen LogP contribution in [0.2, 0.25) is 0 Å². The van der Waals surface area contributed by atoms with E-state index in [1.807, 2.05) is 67.6 Å². The summed E-state index contributed by atoms with van der Waals surface area (Å²) in [6.45, 7) is 1.85. The number of carbonyl (C=O) groups excluding carboxylic acids is 2. The van der Waals surface area contributed by atoms with E-state index >= 15 is 0 Å². The van der Waals surface area contributed by atoms with Gasteiger partial charge in [-0.1, -0.05) is 36.4 Å². The zero-order valence-corrected chi connectivity index (χ0v) is 18.6. The topological polar surface area (TPSA) is 84.7 Å². The van der Waals surface area contributed by atoms with Crippen LogP contribution >= 0.6 is 0 Å². The summed E-state index contributed by atoms with van der Waals surface area (Å²) >= 11 is 0. The zero-order chi connectivity index (χ0) is 23.2. The number of carbonyl (C=O) groups is 2. The second-order valence-electron chi connectivity index (χ2n) is 8.46. The van der Waals surface area contributed by atoms with E-state index in [1.54, 1.807) is 6.07 Å². The number of nitrogens with one attached hydrogen (secondary N) is 2. The molecule has 7 nitrogen and oxygen atoms in total. The Kier molecular flexibility index (Phi) is 4.69. The van der Waals surface area contributed by atoms with Crippen molar-refractivity contribution in [2.24, 2.45) is 0 Å². The third-order valence-electron chi connectivity index (χ3n) is 6.25. The first-order valence-electron chi connectivity index (χ1n) is 11.2. The van der Waals surface area contributed by atoms with Crippen LogP contribution in [0.25, 0.3) is 27.3 Å². The molecule has 1 aliphatic rings. The summed E-state index contributed by atoms with van der Waals surface area (Å²) in [4.78, 5) is 29.3. The second kappa shape index (κ2) is 7.88. The number of hydrogen-bond donors (Lipinski definition) is 2. The predicted octanol–water partition coefficient (Wildman–Crippen LogP) is 4.85. The van der Waals surface area contributed by atoms with Crippen LogP contribution in [0, 0.1) is 6.92 Å². The maximum absolute atomic E-state index is 13.0. The Morgan fingerprint density at radius 2 is 1.85 bits per heavy atom. The molecule has 0 bridgehead atoms. The third kappa shape index (κ3) is 3.33. The smallest absolute Gasteiger partial charge is 0.262 e. The van der Waals surface area contributed by atoms with Gasteiger partial charge in [0.1, 0.15) is 11.6 Å². The number of anilines is 2. The van der Waals surface area contributed by atoms with Gasteiger partial charge in [0.15, 0.2) is 6.61 Å². The van der Waals surface area contributed by atoms with Gasteiger partial charge in [0.05, 0.1) is 22.2 Å². The van der Waals surface area contributed by atoms with Gasteiger partial charge in [-0.05, 0) is 49.2 Å². The zero-order valence-electron chi connectivity index (χ0n) is 18.6. The fraction of sp³-hybridized carbons (Fsp3) is 0.148. The lowest BCUT2D eigenvalue weighted by Gasteiger charge is -2.17. The van der Waals surface area contributed by atoms with Gasteiger partial charge in [0, 0.05) is 22.9 Å². The van der Waals surface area contributed by atoms with Crippen molar-refractivity contribution >= 4 is 50.5 Å². The Morgan fingerprint density at radius 3 is 2.74 bits per heavy atom. The standard InChI is InChI=1S/C27H22N4O3/c1-16-28-22-8-4-2-6-19(22)27-26(20-7-3-5-9-23(20)31(16)27)30-25(33)15-34-18-11-12-21-17(14-18)10-13-24(32)29-21/h2-9,11-12,14H,10,13,15H2,1H3,(H,29,32)(H,30,33). The highest BCUT2D eigenvalue weighted by molar-refractivity contribution is 6.16. The number of amides is 2. The van der Waals surface area contributed by atoms with Gasteiger partial charge in [0.2, 0.25) is 5.91 Å². The SMILES string of the molecule is Cc1nc2ccccc2c2c(NC(=O)COc3ccc4c(c3)CCC(=O)N4)c3ccccc3n12. The largest absolute Gasteiger partial charge is 0.484 e. The van der Waals surface area contributed by atoms with E-state index in [-0.39, 0.29) is 18.4 Å². The van der Waals surface area contributed by atoms with Crippen molar-refractivity contribution in [2.45, 2.75) is 19.8 Å². The summed E-state index contributed by atoms with van der Waals surface area (Å²) in [5.74, 6) is 1.22. The van der Waals surface area contributed by atoms with Gasteiger partial charge < -0.3 is 15.4 Å². The average Bonchev–Trinajstić information content (AvgIpc) is 3.18. The molecule has 0 unspecified atom stereocenters. The average molecular weight is 450 g/mol. The summed E-state index contributed by atoms with van der Waals surface area (Å²) in [5.41, 5.74) is 5.35. The summed E-state index contributed by atoms with van der Waals surface area (Å²) in [5, 5.41) is 7.87. The first-order chi connectivity index (χ1) is 16.6. The number of rotatable bonds is 4. The summed E-state index contributed by atoms with van der Waals surface area (Å²) < 4.78 is 7.89. The van der Waals surface area contributed by atoms with Crippen LogP contribution in [0.15, 0.2) is 66.7 Å². The summed E-state index contributed by atoms with van der Waals surface area (Å²) in [6, 6.07) is 21.4. The van der Waals surface area contributed by atoms with Crippen LogP contribution in [-0.4, -0.2) is 27.8 Å². The van der Waals surface area contributed by atoms with Crippen LogP contribution in [0.3, 0.4) is 0 Å². The first kappa shape index (κ1) is 20.2. The molecule has 168 valence electrons. The number of hydrogen-bond acceptors (Lipinski definition) is 4. The van der Waals surface area contributed by atoms with Gasteiger partial charge in [-0.15, -0.1) is 0 Å². The Hall–Kier alpha value is -4.39. The van der Waals surface area contributed by atoms with Crippen LogP contribution in [-0.2, 0) is 16.0 Å². The molecule has 1 aliphatic heterocycles. The van der Waals surface area contributed by atoms with Crippen LogP contribution in [0.4, 0.5) is 11.4 Å². The minimum atomic E-state index is -0.247. The molecule has 2 aromatic heterocycles. The van der Waals surface area contributed by atoms with Crippen molar-refractivity contribution < 1.29 is 14.3 Å². The van der Waals surface area contributed by atoms with E-state index in [0.717, 1.165) is 50.1 Å². The number of aryl methyl sites for hydroxylation is 2. The quantitative estimate of drug-likeness (QED) is 0.410. The van der Waals surface area contributed by atoms with E-state index < -0.39 is 0 Å². The number of ether oxygens (including phenoxy) is 1. The number of fused-ring (bicyclic) bond motifs is 6. The van der Waals surface area contributed by atoms with E-state index in [2.05, 4.69) is 15.0 Å². The van der Waals surface area contributed by atoms with E-state index in [0.29, 0.717) is 18.6 Å². The first-order valence-corrected chi connectivity index (χ1v) is 11.2. The van der Waals surface area contributed by atoms with Crippen molar-refractivity contribution in [3.8, 4) is 5.75 Å². The van der Waals surface area contributed by atoms with Gasteiger partial charge in [-0.2, -0.15) is 0 Å². The lowest BCUT2D eigenvalue weighted by atomic mass is 10.0. The lowest BCUT2D eigenvalue weighted by Crippen LogP contribution is -2.21. The molecular weight excluding hydrogens is 428 g/mol. The van der Waals surface area contributed by atoms with Crippen LogP contribution in [0.1, 0.15) is 17.8 Å². The lowest BCUT2D eigenvalue weighted by molar-refractivity contribution is -0.118. The van der Waals surface area contributed by atoms with Gasteiger partial charge in [-0.3, -0.25) is 14.0 Å². The Labute approximate surface area is 195 Å². The Morgan fingerprint density at radius 1 is 1.06 bits per heavy atom. The van der Waals surface area contributed by atoms with E-state index in [4.69, 9.17) is 9.72 Å². The molecule has 0 radical (unpaired) electrons. The molecule has 7 heteroatoms. The number of aromatic nitrogens is 2. The maximum atomic E-state index is 13.0. The number of benzene rings is 3. The molecule has 0 saturated carbocycles. The van der Waals surface area contributed by atoms with Crippen molar-refractivity contribution in [3.05, 3.63) is 78.1 Å². The van der Waals surface area contributed by atoms with E-state index in [9.17, 15) is 9.59 Å². The molecule has 5 aromatic rings. The minimum absolute atomic E-state index is 0.0190. The molecule has 2 N–H and O–H groups in total. The molecule has 3 aromatic carbocycles. The molecule has 3 heterocycles. The van der Waals surface area contributed by atoms with Gasteiger partial charge in [0.25, 0.3) is 5.91 Å². The number of nitrogens with zero attached hydrogens (tertiary/aromatic N) is 2. The van der Waals surface area contributed by atoms with E-state index in [1.165, 1.54) is 0 Å². The molecule has 0 saturated heterocycles. The molecule has 34 heavy (non-hydrogen) atoms. The Balaban J connectivity index is 1.33. The molecule has 6 rings (SSSR count). The maximum Gasteiger partial charge on any atom is 0.262 e. The fourth-order valence-corrected chi connectivity index (χ4v) is 4.73. The highest BCUT2D eigenvalue weighted by atomic mass is 16.5. The molecule has 0 spiro atoms. The molecule has 0 atom stereocenters. The monoisotopic (exact) mass is 450 g/mol. The molecule has 2 amide bonds. The van der Waals surface area contributed by atoms with Crippen LogP contribution < -0.4 is 15.4 Å². The molecule has 0 fully saturated rings. The molecular formula is C27H22N4O3. The van der Waals surface area contributed by atoms with Crippen molar-refractivity contribution in [1.82, 2.24) is 9.38 Å². The van der Waals surface area contributed by atoms with Gasteiger partial charge >= 0.3 is 0 Å². The minimum Gasteiger partial charge on any atom is -0.484 e. The number of para-hydroxylation sites is 2. The normalized spacial score (nSPS) is 13.1. The molecule has 0 aliphatic carbocycles.